The summed E-state index contributed by atoms with van der Waals surface area (Å²) in [5.41, 5.74) is 5.07. The molecule has 4 N–H and O–H groups in total. The van der Waals surface area contributed by atoms with E-state index in [1.165, 1.54) is 23.0 Å². The van der Waals surface area contributed by atoms with Crippen LogP contribution in [0.5, 0.6) is 5.75 Å². The number of nitrogens with zero attached hydrogens (tertiary/aromatic N) is 4. The van der Waals surface area contributed by atoms with Crippen molar-refractivity contribution in [2.45, 2.75) is 63.9 Å². The first-order chi connectivity index (χ1) is 19.7. The summed E-state index contributed by atoms with van der Waals surface area (Å²) >= 11 is 0. The van der Waals surface area contributed by atoms with Gasteiger partial charge in [-0.3, -0.25) is 9.32 Å². The number of nitriles is 1. The van der Waals surface area contributed by atoms with Crippen LogP contribution in [0.15, 0.2) is 42.7 Å². The molecule has 1 saturated heterocycles. The predicted molar refractivity (Wildman–Crippen MR) is 148 cm³/mol. The van der Waals surface area contributed by atoms with E-state index in [2.05, 4.69) is 10.1 Å². The number of aliphatic hydroxyl groups is 2. The zero-order valence-electron chi connectivity index (χ0n) is 23.8. The van der Waals surface area contributed by atoms with Crippen molar-refractivity contribution < 1.29 is 42.6 Å². The summed E-state index contributed by atoms with van der Waals surface area (Å²) in [5.74, 6) is -0.802. The number of phosphoric acid groups is 1. The van der Waals surface area contributed by atoms with E-state index in [1.54, 1.807) is 38.1 Å². The molecule has 0 spiro atoms. The Labute approximate surface area is 242 Å². The summed E-state index contributed by atoms with van der Waals surface area (Å²) in [6, 6.07) is 11.7. The summed E-state index contributed by atoms with van der Waals surface area (Å²) in [6.45, 7) is 7.94. The molecule has 3 aromatic rings. The molecule has 0 amide bonds. The standard InChI is InChI=1S/C27H34N5O9P/c1-16(2)25(35)37-15-39-42(36,41-18-8-6-17(7-9-18)26(3,4)5)38-12-20-22(33)23(34)27(13-28,40-20)21-11-10-19-24(29)30-14-31-32(19)21/h6-11,14,16,20,22-23,33-34H,12,15H2,1-5H3,(H2,29,30,31)/t20-,22-,23-,27+,42?/m1/s1. The van der Waals surface area contributed by atoms with E-state index >= 15 is 0 Å². The molecule has 1 aliphatic heterocycles. The van der Waals surface area contributed by atoms with Gasteiger partial charge in [0.25, 0.3) is 0 Å². The summed E-state index contributed by atoms with van der Waals surface area (Å²) in [4.78, 5) is 15.8. The molecule has 226 valence electrons. The van der Waals surface area contributed by atoms with Crippen LogP contribution < -0.4 is 10.3 Å². The third-order valence-electron chi connectivity index (χ3n) is 6.70. The number of ether oxygens (including phenoxy) is 2. The highest BCUT2D eigenvalue weighted by Gasteiger charge is 2.58. The molecule has 5 atom stereocenters. The van der Waals surface area contributed by atoms with E-state index in [9.17, 15) is 24.8 Å². The van der Waals surface area contributed by atoms with Gasteiger partial charge in [-0.25, -0.2) is 18.6 Å². The highest BCUT2D eigenvalue weighted by molar-refractivity contribution is 7.48. The van der Waals surface area contributed by atoms with Crippen molar-refractivity contribution >= 4 is 25.1 Å². The monoisotopic (exact) mass is 603 g/mol. The van der Waals surface area contributed by atoms with Crippen molar-refractivity contribution in [1.29, 1.82) is 5.26 Å². The lowest BCUT2D eigenvalue weighted by atomic mass is 9.87. The van der Waals surface area contributed by atoms with Gasteiger partial charge in [-0.05, 0) is 35.2 Å². The molecule has 4 rings (SSSR count). The Kier molecular flexibility index (Phi) is 8.94. The van der Waals surface area contributed by atoms with Crippen LogP contribution >= 0.6 is 7.82 Å². The number of benzene rings is 1. The van der Waals surface area contributed by atoms with Crippen molar-refractivity contribution in [3.63, 3.8) is 0 Å². The number of carbonyl (C=O) groups excluding carboxylic acids is 1. The molecular formula is C27H34N5O9P. The van der Waals surface area contributed by atoms with Crippen molar-refractivity contribution in [2.24, 2.45) is 5.92 Å². The van der Waals surface area contributed by atoms with Gasteiger partial charge in [-0.2, -0.15) is 10.4 Å². The average Bonchev–Trinajstić information content (AvgIpc) is 3.48. The normalized spacial score (nSPS) is 23.9. The lowest BCUT2D eigenvalue weighted by Crippen LogP contribution is -2.41. The van der Waals surface area contributed by atoms with E-state index < -0.39 is 57.0 Å². The summed E-state index contributed by atoms with van der Waals surface area (Å²) in [6.07, 6.45) is -3.62. The number of nitrogen functional groups attached to an aromatic ring is 1. The fourth-order valence-corrected chi connectivity index (χ4v) is 5.34. The van der Waals surface area contributed by atoms with Gasteiger partial charge in [0.15, 0.2) is 5.82 Å². The number of anilines is 1. The second-order valence-corrected chi connectivity index (χ2v) is 12.7. The molecule has 1 unspecified atom stereocenters. The number of esters is 1. The van der Waals surface area contributed by atoms with Gasteiger partial charge in [0, 0.05) is 0 Å². The second-order valence-electron chi connectivity index (χ2n) is 11.1. The number of aliphatic hydroxyl groups excluding tert-OH is 2. The fraction of sp³-hybridized carbons (Fsp3) is 0.481. The first-order valence-corrected chi connectivity index (χ1v) is 14.6. The SMILES string of the molecule is CC(C)C(=O)OCOP(=O)(OC[C@H]1O[C@@](C#N)(c2ccc3c(N)ncnn23)[C@H](O)[C@@H]1O)Oc1ccc(C(C)(C)C)cc1. The van der Waals surface area contributed by atoms with Crippen molar-refractivity contribution in [1.82, 2.24) is 14.6 Å². The van der Waals surface area contributed by atoms with Gasteiger partial charge in [0.2, 0.25) is 12.4 Å². The maximum absolute atomic E-state index is 13.7. The van der Waals surface area contributed by atoms with Gasteiger partial charge >= 0.3 is 13.8 Å². The number of aromatic nitrogens is 3. The van der Waals surface area contributed by atoms with Crippen LogP contribution in [0.2, 0.25) is 0 Å². The summed E-state index contributed by atoms with van der Waals surface area (Å²) in [7, 11) is -4.51. The Bertz CT molecular complexity index is 1510. The van der Waals surface area contributed by atoms with E-state index in [1.807, 2.05) is 26.8 Å². The number of carbonyl (C=O) groups is 1. The van der Waals surface area contributed by atoms with E-state index in [0.29, 0.717) is 5.52 Å². The first-order valence-electron chi connectivity index (χ1n) is 13.1. The fourth-order valence-electron chi connectivity index (χ4n) is 4.27. The smallest absolute Gasteiger partial charge is 0.438 e. The Morgan fingerprint density at radius 3 is 2.52 bits per heavy atom. The Morgan fingerprint density at radius 2 is 1.90 bits per heavy atom. The largest absolute Gasteiger partial charge is 0.533 e. The van der Waals surface area contributed by atoms with E-state index in [4.69, 9.17) is 28.8 Å². The lowest BCUT2D eigenvalue weighted by Gasteiger charge is -2.24. The minimum Gasteiger partial charge on any atom is -0.438 e. The predicted octanol–water partition coefficient (Wildman–Crippen LogP) is 2.83. The first kappa shape index (κ1) is 31.4. The molecule has 14 nitrogen and oxygen atoms in total. The Hall–Kier alpha value is -3.57. The number of hydrogen-bond acceptors (Lipinski definition) is 13. The Balaban J connectivity index is 1.55. The Morgan fingerprint density at radius 1 is 1.21 bits per heavy atom. The van der Waals surface area contributed by atoms with Crippen LogP contribution in [0.25, 0.3) is 5.52 Å². The number of phosphoric ester groups is 1. The number of rotatable bonds is 10. The van der Waals surface area contributed by atoms with Crippen LogP contribution in [0.3, 0.4) is 0 Å². The molecule has 0 radical (unpaired) electrons. The molecular weight excluding hydrogens is 569 g/mol. The topological polar surface area (TPSA) is 201 Å². The molecule has 42 heavy (non-hydrogen) atoms. The van der Waals surface area contributed by atoms with Crippen LogP contribution in [0, 0.1) is 17.2 Å². The van der Waals surface area contributed by atoms with E-state index in [-0.39, 0.29) is 22.7 Å². The molecule has 0 aliphatic carbocycles. The van der Waals surface area contributed by atoms with Crippen molar-refractivity contribution in [2.75, 3.05) is 19.1 Å². The lowest BCUT2D eigenvalue weighted by molar-refractivity contribution is -0.154. The van der Waals surface area contributed by atoms with Crippen molar-refractivity contribution in [3.8, 4) is 11.8 Å². The third kappa shape index (κ3) is 6.27. The van der Waals surface area contributed by atoms with Gasteiger partial charge in [-0.1, -0.05) is 46.8 Å². The number of nitrogens with two attached hydrogens (primary N) is 1. The zero-order chi connectivity index (χ0) is 30.9. The van der Waals surface area contributed by atoms with Gasteiger partial charge < -0.3 is 29.9 Å². The third-order valence-corrected chi connectivity index (χ3v) is 8.03. The maximum atomic E-state index is 13.7. The molecule has 1 fully saturated rings. The molecule has 15 heteroatoms. The van der Waals surface area contributed by atoms with Crippen LogP contribution in [-0.2, 0) is 38.9 Å². The minimum absolute atomic E-state index is 0.0818. The van der Waals surface area contributed by atoms with Gasteiger partial charge in [-0.15, -0.1) is 0 Å². The van der Waals surface area contributed by atoms with Crippen LogP contribution in [0.1, 0.15) is 45.9 Å². The number of hydrogen-bond donors (Lipinski definition) is 3. The zero-order valence-corrected chi connectivity index (χ0v) is 24.7. The molecule has 0 saturated carbocycles. The molecule has 3 heterocycles. The molecule has 1 aromatic carbocycles. The second kappa shape index (κ2) is 12.0. The van der Waals surface area contributed by atoms with Crippen LogP contribution in [-0.4, -0.2) is 62.5 Å². The van der Waals surface area contributed by atoms with Crippen LogP contribution in [0.4, 0.5) is 5.82 Å². The highest BCUT2D eigenvalue weighted by Crippen LogP contribution is 2.51. The maximum Gasteiger partial charge on any atom is 0.533 e. The van der Waals surface area contributed by atoms with Gasteiger partial charge in [0.1, 0.15) is 42.0 Å². The molecule has 0 bridgehead atoms. The van der Waals surface area contributed by atoms with Gasteiger partial charge in [0.05, 0.1) is 18.2 Å². The summed E-state index contributed by atoms with van der Waals surface area (Å²) in [5, 5.41) is 36.0. The minimum atomic E-state index is -4.51. The molecule has 2 aromatic heterocycles. The number of fused-ring (bicyclic) bond motifs is 1. The average molecular weight is 604 g/mol. The van der Waals surface area contributed by atoms with Crippen molar-refractivity contribution in [3.05, 3.63) is 54.0 Å². The van der Waals surface area contributed by atoms with E-state index in [0.717, 1.165) is 5.56 Å². The quantitative estimate of drug-likeness (QED) is 0.174. The molecule has 1 aliphatic rings. The summed E-state index contributed by atoms with van der Waals surface area (Å²) < 4.78 is 42.1. The highest BCUT2D eigenvalue weighted by atomic mass is 31.2.